The van der Waals surface area contributed by atoms with Crippen LogP contribution in [0.1, 0.15) is 12.5 Å². The van der Waals surface area contributed by atoms with Crippen LogP contribution in [-0.4, -0.2) is 16.9 Å². The van der Waals surface area contributed by atoms with Gasteiger partial charge in [-0.3, -0.25) is 9.78 Å². The molecule has 2 N–H and O–H groups in total. The molecule has 1 unspecified atom stereocenters. The van der Waals surface area contributed by atoms with Crippen LogP contribution in [0.4, 0.5) is 4.39 Å². The minimum absolute atomic E-state index is 0.216. The molecule has 0 aromatic carbocycles. The summed E-state index contributed by atoms with van der Waals surface area (Å²) in [4.78, 5) is 18.5. The van der Waals surface area contributed by atoms with Gasteiger partial charge in [0.05, 0.1) is 6.20 Å². The van der Waals surface area contributed by atoms with Crippen molar-refractivity contribution in [2.24, 2.45) is 10.7 Å². The van der Waals surface area contributed by atoms with E-state index in [1.54, 1.807) is 0 Å². The fourth-order valence-corrected chi connectivity index (χ4v) is 1.34. The van der Waals surface area contributed by atoms with E-state index in [2.05, 4.69) is 9.98 Å². The van der Waals surface area contributed by atoms with E-state index in [1.807, 2.05) is 0 Å². The number of amidine groups is 1. The van der Waals surface area contributed by atoms with Crippen LogP contribution in [0, 0.1) is 5.82 Å². The molecule has 0 radical (unpaired) electrons. The Balaban J connectivity index is 2.44. The van der Waals surface area contributed by atoms with Crippen molar-refractivity contribution in [2.45, 2.75) is 12.5 Å². The van der Waals surface area contributed by atoms with Crippen molar-refractivity contribution >= 4 is 11.9 Å². The third-order valence-electron chi connectivity index (χ3n) is 2.18. The second kappa shape index (κ2) is 3.01. The van der Waals surface area contributed by atoms with Crippen molar-refractivity contribution in [3.63, 3.8) is 0 Å². The maximum Gasteiger partial charge on any atom is 0.298 e. The Kier molecular flexibility index (Phi) is 1.92. The molecule has 0 spiro atoms. The van der Waals surface area contributed by atoms with Gasteiger partial charge in [0.1, 0.15) is 5.82 Å². The zero-order chi connectivity index (χ0) is 11.1. The number of halogens is 1. The number of pyridine rings is 1. The van der Waals surface area contributed by atoms with E-state index in [1.165, 1.54) is 19.2 Å². The lowest BCUT2D eigenvalue weighted by molar-refractivity contribution is -0.130. The summed E-state index contributed by atoms with van der Waals surface area (Å²) in [6.45, 7) is 1.47. The van der Waals surface area contributed by atoms with Gasteiger partial charge in [0.15, 0.2) is 0 Å². The highest BCUT2D eigenvalue weighted by atomic mass is 19.1. The first-order chi connectivity index (χ1) is 7.02. The highest BCUT2D eigenvalue weighted by Gasteiger charge is 2.43. The lowest BCUT2D eigenvalue weighted by atomic mass is 9.97. The lowest BCUT2D eigenvalue weighted by Gasteiger charge is -2.20. The first-order valence-corrected chi connectivity index (χ1v) is 4.21. The second-order valence-electron chi connectivity index (χ2n) is 3.28. The number of hydrogen-bond acceptors (Lipinski definition) is 4. The Labute approximate surface area is 84.8 Å². The van der Waals surface area contributed by atoms with Gasteiger partial charge in [-0.1, -0.05) is 0 Å². The maximum absolute atomic E-state index is 12.9. The zero-order valence-corrected chi connectivity index (χ0v) is 7.90. The zero-order valence-electron chi connectivity index (χ0n) is 7.90. The number of hydrogen-bond donors (Lipinski definition) is 1. The monoisotopic (exact) mass is 209 g/mol. The van der Waals surface area contributed by atoms with Crippen LogP contribution in [0.25, 0.3) is 0 Å². The molecule has 6 heteroatoms. The number of rotatable bonds is 1. The van der Waals surface area contributed by atoms with Crippen molar-refractivity contribution in [1.82, 2.24) is 4.98 Å². The first-order valence-electron chi connectivity index (χ1n) is 4.21. The van der Waals surface area contributed by atoms with Crippen LogP contribution in [0.5, 0.6) is 0 Å². The van der Waals surface area contributed by atoms with Crippen molar-refractivity contribution < 1.29 is 13.9 Å². The number of nitrogens with two attached hydrogens (primary N) is 1. The number of nitrogens with zero attached hydrogens (tertiary/aromatic N) is 2. The largest absolute Gasteiger partial charge is 0.444 e. The van der Waals surface area contributed by atoms with Crippen molar-refractivity contribution in [3.05, 3.63) is 29.8 Å². The minimum Gasteiger partial charge on any atom is -0.444 e. The van der Waals surface area contributed by atoms with Crippen molar-refractivity contribution in [1.29, 1.82) is 0 Å². The second-order valence-corrected chi connectivity index (χ2v) is 3.28. The number of carbonyl (C=O) groups excluding carboxylic acids is 1. The molecule has 0 aliphatic carbocycles. The van der Waals surface area contributed by atoms with Gasteiger partial charge in [0, 0.05) is 11.8 Å². The topological polar surface area (TPSA) is 77.6 Å². The highest BCUT2D eigenvalue weighted by Crippen LogP contribution is 2.30. The van der Waals surface area contributed by atoms with Crippen LogP contribution in [-0.2, 0) is 15.1 Å². The van der Waals surface area contributed by atoms with Gasteiger partial charge in [-0.15, -0.1) is 0 Å². The van der Waals surface area contributed by atoms with E-state index in [-0.39, 0.29) is 11.6 Å². The fourth-order valence-electron chi connectivity index (χ4n) is 1.34. The third kappa shape index (κ3) is 1.43. The summed E-state index contributed by atoms with van der Waals surface area (Å²) in [6, 6.07) is 0.950. The highest BCUT2D eigenvalue weighted by molar-refractivity contribution is 6.00. The molecule has 1 aliphatic heterocycles. The number of amides is 1. The van der Waals surface area contributed by atoms with E-state index in [0.717, 1.165) is 6.20 Å². The van der Waals surface area contributed by atoms with Crippen LogP contribution < -0.4 is 5.73 Å². The summed E-state index contributed by atoms with van der Waals surface area (Å²) in [5.41, 5.74) is 4.20. The summed E-state index contributed by atoms with van der Waals surface area (Å²) in [5.74, 6) is -1.11. The molecule has 1 atom stereocenters. The van der Waals surface area contributed by atoms with Gasteiger partial charge in [-0.05, 0) is 13.0 Å². The molecule has 0 saturated carbocycles. The molecule has 0 fully saturated rings. The number of aliphatic imine (C=N–C) groups is 1. The van der Waals surface area contributed by atoms with E-state index in [4.69, 9.17) is 10.5 Å². The third-order valence-corrected chi connectivity index (χ3v) is 2.18. The van der Waals surface area contributed by atoms with Gasteiger partial charge < -0.3 is 10.5 Å². The van der Waals surface area contributed by atoms with Crippen molar-refractivity contribution in [3.8, 4) is 0 Å². The Morgan fingerprint density at radius 1 is 1.53 bits per heavy atom. The maximum atomic E-state index is 12.9. The van der Waals surface area contributed by atoms with Gasteiger partial charge in [0.2, 0.25) is 5.60 Å². The Morgan fingerprint density at radius 2 is 2.27 bits per heavy atom. The Morgan fingerprint density at radius 3 is 2.80 bits per heavy atom. The van der Waals surface area contributed by atoms with Crippen LogP contribution in [0.3, 0.4) is 0 Å². The Hall–Kier alpha value is -1.98. The lowest BCUT2D eigenvalue weighted by Crippen LogP contribution is -2.32. The summed E-state index contributed by atoms with van der Waals surface area (Å²) in [5, 5.41) is 0. The van der Waals surface area contributed by atoms with E-state index in [9.17, 15) is 9.18 Å². The molecule has 2 heterocycles. The van der Waals surface area contributed by atoms with E-state index < -0.39 is 17.3 Å². The quantitative estimate of drug-likeness (QED) is 0.721. The number of carbonyl (C=O) groups is 1. The van der Waals surface area contributed by atoms with Crippen LogP contribution in [0.2, 0.25) is 0 Å². The van der Waals surface area contributed by atoms with Crippen molar-refractivity contribution in [2.75, 3.05) is 0 Å². The summed E-state index contributed by atoms with van der Waals surface area (Å²) < 4.78 is 18.0. The molecule has 1 aromatic rings. The SMILES string of the molecule is CC1(c2cncc(F)c2)OC(N)=NC1=O. The smallest absolute Gasteiger partial charge is 0.298 e. The van der Waals surface area contributed by atoms with Gasteiger partial charge in [-0.2, -0.15) is 4.99 Å². The molecule has 5 nitrogen and oxygen atoms in total. The van der Waals surface area contributed by atoms with Crippen LogP contribution >= 0.6 is 0 Å². The molecule has 1 amide bonds. The Bertz CT molecular complexity index is 460. The molecular formula is C9H8FN3O2. The molecular weight excluding hydrogens is 201 g/mol. The molecule has 2 rings (SSSR count). The average molecular weight is 209 g/mol. The van der Waals surface area contributed by atoms with E-state index >= 15 is 0 Å². The number of aromatic nitrogens is 1. The summed E-state index contributed by atoms with van der Waals surface area (Å²) in [6.07, 6.45) is 2.38. The molecule has 1 aliphatic rings. The molecule has 15 heavy (non-hydrogen) atoms. The van der Waals surface area contributed by atoms with Gasteiger partial charge in [0.25, 0.3) is 11.9 Å². The fraction of sp³-hybridized carbons (Fsp3) is 0.222. The summed E-state index contributed by atoms with van der Waals surface area (Å²) >= 11 is 0. The predicted molar refractivity (Wildman–Crippen MR) is 49.3 cm³/mol. The van der Waals surface area contributed by atoms with Crippen LogP contribution in [0.15, 0.2) is 23.5 Å². The average Bonchev–Trinajstić information content (AvgIpc) is 2.42. The van der Waals surface area contributed by atoms with E-state index in [0.29, 0.717) is 0 Å². The van der Waals surface area contributed by atoms with Gasteiger partial charge in [-0.25, -0.2) is 4.39 Å². The normalized spacial score (nSPS) is 24.9. The number of ether oxygens (including phenoxy) is 1. The molecule has 78 valence electrons. The molecule has 0 saturated heterocycles. The summed E-state index contributed by atoms with van der Waals surface area (Å²) in [7, 11) is 0. The first kappa shape index (κ1) is 9.57. The molecule has 0 bridgehead atoms. The molecule has 1 aromatic heterocycles. The predicted octanol–water partition coefficient (Wildman–Crippen LogP) is 0.307. The van der Waals surface area contributed by atoms with Gasteiger partial charge >= 0.3 is 0 Å². The minimum atomic E-state index is -1.36. The standard InChI is InChI=1S/C9H8FN3O2/c1-9(7(14)13-8(11)15-9)5-2-6(10)4-12-3-5/h2-4H,1H3,(H2,11,13,14).